The van der Waals surface area contributed by atoms with Gasteiger partial charge in [0.1, 0.15) is 11.0 Å². The minimum absolute atomic E-state index is 0.107. The molecular weight excluding hydrogens is 338 g/mol. The van der Waals surface area contributed by atoms with Crippen molar-refractivity contribution in [1.29, 1.82) is 0 Å². The quantitative estimate of drug-likeness (QED) is 0.830. The van der Waals surface area contributed by atoms with Crippen molar-refractivity contribution in [2.75, 3.05) is 18.6 Å². The highest BCUT2D eigenvalue weighted by atomic mass is 32.2. The number of thioether (sulfide) groups is 1. The van der Waals surface area contributed by atoms with E-state index in [0.29, 0.717) is 17.0 Å². The summed E-state index contributed by atoms with van der Waals surface area (Å²) in [4.78, 5) is 26.6. The maximum absolute atomic E-state index is 13.1. The second kappa shape index (κ2) is 7.19. The molecule has 0 saturated carbocycles. The Hall–Kier alpha value is -2.47. The Kier molecular flexibility index (Phi) is 4.99. The van der Waals surface area contributed by atoms with E-state index in [-0.39, 0.29) is 5.91 Å². The molecule has 0 fully saturated rings. The van der Waals surface area contributed by atoms with Gasteiger partial charge >= 0.3 is 5.97 Å². The summed E-state index contributed by atoms with van der Waals surface area (Å²) in [6.07, 6.45) is 0.777. The summed E-state index contributed by atoms with van der Waals surface area (Å²) in [5, 5.41) is 8.51. The minimum Gasteiger partial charge on any atom is -0.497 e. The highest BCUT2D eigenvalue weighted by Gasteiger charge is 2.28. The van der Waals surface area contributed by atoms with Gasteiger partial charge in [0.05, 0.1) is 12.7 Å². The Morgan fingerprint density at radius 1 is 1.24 bits per heavy atom. The van der Waals surface area contributed by atoms with Crippen LogP contribution in [0.25, 0.3) is 0 Å². The van der Waals surface area contributed by atoms with Gasteiger partial charge in [0.2, 0.25) is 0 Å². The van der Waals surface area contributed by atoms with Crippen molar-refractivity contribution in [3.05, 3.63) is 53.6 Å². The number of carboxylic acid groups (broad SMARTS) is 1. The van der Waals surface area contributed by atoms with Crippen LogP contribution in [-0.2, 0) is 11.2 Å². The molecule has 2 aromatic rings. The summed E-state index contributed by atoms with van der Waals surface area (Å²) in [7, 11) is 1.62. The molecule has 0 aromatic heterocycles. The first kappa shape index (κ1) is 17.4. The number of nitrogens with zero attached hydrogens (tertiary/aromatic N) is 1. The van der Waals surface area contributed by atoms with Gasteiger partial charge in [-0.2, -0.15) is 0 Å². The number of rotatable bonds is 5. The number of carbonyl (C=O) groups excluding carboxylic acids is 1. The molecule has 130 valence electrons. The van der Waals surface area contributed by atoms with Crippen LogP contribution >= 0.6 is 11.8 Å². The van der Waals surface area contributed by atoms with Crippen LogP contribution in [0.1, 0.15) is 22.8 Å². The standard InChI is InChI=1S/C19H19NO4S/c1-12(19(22)23)25-17-6-4-3-5-15(17)18(21)20-10-9-13-11-14(24-2)7-8-16(13)20/h3-8,11-12H,9-10H2,1-2H3,(H,22,23). The molecule has 1 N–H and O–H groups in total. The van der Waals surface area contributed by atoms with Crippen molar-refractivity contribution in [1.82, 2.24) is 0 Å². The van der Waals surface area contributed by atoms with E-state index >= 15 is 0 Å². The first-order chi connectivity index (χ1) is 12.0. The summed E-state index contributed by atoms with van der Waals surface area (Å²) in [5.41, 5.74) is 2.50. The van der Waals surface area contributed by atoms with Gasteiger partial charge in [-0.3, -0.25) is 9.59 Å². The maximum Gasteiger partial charge on any atom is 0.316 e. The lowest BCUT2D eigenvalue weighted by atomic mass is 10.1. The van der Waals surface area contributed by atoms with Gasteiger partial charge in [-0.1, -0.05) is 12.1 Å². The molecule has 2 aromatic carbocycles. The molecule has 1 unspecified atom stereocenters. The van der Waals surface area contributed by atoms with Crippen molar-refractivity contribution in [3.8, 4) is 5.75 Å². The lowest BCUT2D eigenvalue weighted by Gasteiger charge is -2.20. The average molecular weight is 357 g/mol. The Morgan fingerprint density at radius 2 is 2.00 bits per heavy atom. The number of anilines is 1. The van der Waals surface area contributed by atoms with Crippen LogP contribution in [0.15, 0.2) is 47.4 Å². The number of methoxy groups -OCH3 is 1. The van der Waals surface area contributed by atoms with Crippen LogP contribution < -0.4 is 9.64 Å². The third-order valence-corrected chi connectivity index (χ3v) is 5.36. The molecule has 5 nitrogen and oxygen atoms in total. The van der Waals surface area contributed by atoms with E-state index in [4.69, 9.17) is 9.84 Å². The molecule has 0 radical (unpaired) electrons. The SMILES string of the molecule is COc1ccc2c(c1)CCN2C(=O)c1ccccc1SC(C)C(=O)O. The van der Waals surface area contributed by atoms with Crippen molar-refractivity contribution >= 4 is 29.3 Å². The maximum atomic E-state index is 13.1. The summed E-state index contributed by atoms with van der Waals surface area (Å²) < 4.78 is 5.24. The van der Waals surface area contributed by atoms with Crippen molar-refractivity contribution in [2.45, 2.75) is 23.5 Å². The van der Waals surface area contributed by atoms with Crippen molar-refractivity contribution in [3.63, 3.8) is 0 Å². The van der Waals surface area contributed by atoms with Gasteiger partial charge < -0.3 is 14.7 Å². The average Bonchev–Trinajstić information content (AvgIpc) is 3.04. The highest BCUT2D eigenvalue weighted by molar-refractivity contribution is 8.00. The van der Waals surface area contributed by atoms with Crippen molar-refractivity contribution in [2.24, 2.45) is 0 Å². The zero-order valence-corrected chi connectivity index (χ0v) is 14.9. The van der Waals surface area contributed by atoms with Gasteiger partial charge in [0, 0.05) is 17.1 Å². The fourth-order valence-electron chi connectivity index (χ4n) is 2.85. The smallest absolute Gasteiger partial charge is 0.316 e. The van der Waals surface area contributed by atoms with Gasteiger partial charge in [0.15, 0.2) is 0 Å². The van der Waals surface area contributed by atoms with Crippen LogP contribution in [-0.4, -0.2) is 35.9 Å². The number of amides is 1. The predicted molar refractivity (Wildman–Crippen MR) is 97.8 cm³/mol. The van der Waals surface area contributed by atoms with E-state index in [1.807, 2.05) is 24.3 Å². The number of ether oxygens (including phenoxy) is 1. The van der Waals surface area contributed by atoms with Crippen LogP contribution in [0.3, 0.4) is 0 Å². The van der Waals surface area contributed by atoms with E-state index < -0.39 is 11.2 Å². The molecular formula is C19H19NO4S. The Bertz CT molecular complexity index is 821. The molecule has 0 aliphatic carbocycles. The summed E-state index contributed by atoms with van der Waals surface area (Å²) in [6, 6.07) is 12.9. The molecule has 1 heterocycles. The number of hydrogen-bond acceptors (Lipinski definition) is 4. The Labute approximate surface area is 150 Å². The van der Waals surface area contributed by atoms with Crippen LogP contribution in [0.5, 0.6) is 5.75 Å². The second-order valence-corrected chi connectivity index (χ2v) is 7.18. The van der Waals surface area contributed by atoms with Crippen LogP contribution in [0.2, 0.25) is 0 Å². The second-order valence-electron chi connectivity index (χ2n) is 5.80. The Balaban J connectivity index is 1.90. The van der Waals surface area contributed by atoms with E-state index in [2.05, 4.69) is 0 Å². The number of fused-ring (bicyclic) bond motifs is 1. The van der Waals surface area contributed by atoms with Crippen molar-refractivity contribution < 1.29 is 19.4 Å². The zero-order valence-electron chi connectivity index (χ0n) is 14.1. The first-order valence-electron chi connectivity index (χ1n) is 7.98. The number of hydrogen-bond donors (Lipinski definition) is 1. The lowest BCUT2D eigenvalue weighted by Crippen LogP contribution is -2.29. The number of carbonyl (C=O) groups is 2. The molecule has 0 bridgehead atoms. The largest absolute Gasteiger partial charge is 0.497 e. The van der Waals surface area contributed by atoms with Crippen LogP contribution in [0.4, 0.5) is 5.69 Å². The summed E-state index contributed by atoms with van der Waals surface area (Å²) >= 11 is 1.19. The number of carboxylic acids is 1. The molecule has 1 atom stereocenters. The van der Waals surface area contributed by atoms with Crippen LogP contribution in [0, 0.1) is 0 Å². The molecule has 1 aliphatic heterocycles. The van der Waals surface area contributed by atoms with E-state index in [1.165, 1.54) is 11.8 Å². The Morgan fingerprint density at radius 3 is 2.72 bits per heavy atom. The van der Waals surface area contributed by atoms with Gasteiger partial charge in [-0.05, 0) is 49.2 Å². The summed E-state index contributed by atoms with van der Waals surface area (Å²) in [6.45, 7) is 2.22. The topological polar surface area (TPSA) is 66.8 Å². The molecule has 25 heavy (non-hydrogen) atoms. The minimum atomic E-state index is -0.897. The third kappa shape index (κ3) is 3.49. The number of aliphatic carboxylic acids is 1. The fraction of sp³-hybridized carbons (Fsp3) is 0.263. The third-order valence-electron chi connectivity index (χ3n) is 4.20. The van der Waals surface area contributed by atoms with Gasteiger partial charge in [-0.25, -0.2) is 0 Å². The molecule has 0 spiro atoms. The van der Waals surface area contributed by atoms with Gasteiger partial charge in [-0.15, -0.1) is 11.8 Å². The molecule has 1 aliphatic rings. The lowest BCUT2D eigenvalue weighted by molar-refractivity contribution is -0.136. The summed E-state index contributed by atoms with van der Waals surface area (Å²) in [5.74, 6) is -0.227. The first-order valence-corrected chi connectivity index (χ1v) is 8.86. The number of benzene rings is 2. The van der Waals surface area contributed by atoms with E-state index in [0.717, 1.165) is 23.4 Å². The zero-order chi connectivity index (χ0) is 18.0. The predicted octanol–water partition coefficient (Wildman–Crippen LogP) is 3.46. The molecule has 3 rings (SSSR count). The molecule has 6 heteroatoms. The fourth-order valence-corrected chi connectivity index (χ4v) is 3.77. The normalized spacial score (nSPS) is 14.1. The van der Waals surface area contributed by atoms with E-state index in [1.54, 1.807) is 37.1 Å². The highest BCUT2D eigenvalue weighted by Crippen LogP contribution is 2.34. The molecule has 0 saturated heterocycles. The molecule has 1 amide bonds. The van der Waals surface area contributed by atoms with E-state index in [9.17, 15) is 9.59 Å². The van der Waals surface area contributed by atoms with Gasteiger partial charge in [0.25, 0.3) is 5.91 Å². The monoisotopic (exact) mass is 357 g/mol.